The van der Waals surface area contributed by atoms with Crippen LogP contribution in [0.1, 0.15) is 25.7 Å². The summed E-state index contributed by atoms with van der Waals surface area (Å²) in [5.41, 5.74) is -0.774. The molecule has 0 aliphatic carbocycles. The summed E-state index contributed by atoms with van der Waals surface area (Å²) >= 11 is 0. The molecule has 0 radical (unpaired) electrons. The highest BCUT2D eigenvalue weighted by Crippen LogP contribution is 2.24. The zero-order chi connectivity index (χ0) is 14.3. The Morgan fingerprint density at radius 1 is 1.37 bits per heavy atom. The standard InChI is InChI=1S/C14H21NO4/c1-3-5-11(6-4-2)13(18)15-14(9-12(16)17)7-8-19-10-14/h3-4,11H,1-2,5-10H2,(H,15,18)(H,16,17). The van der Waals surface area contributed by atoms with Gasteiger partial charge in [0, 0.05) is 12.5 Å². The van der Waals surface area contributed by atoms with Crippen molar-refractivity contribution in [3.05, 3.63) is 25.3 Å². The highest BCUT2D eigenvalue weighted by Gasteiger charge is 2.39. The first kappa shape index (κ1) is 15.4. The summed E-state index contributed by atoms with van der Waals surface area (Å²) in [5, 5.41) is 11.8. The van der Waals surface area contributed by atoms with Crippen LogP contribution in [-0.4, -0.2) is 35.7 Å². The number of carbonyl (C=O) groups excluding carboxylic acids is 1. The quantitative estimate of drug-likeness (QED) is 0.654. The number of aliphatic carboxylic acids is 1. The maximum atomic E-state index is 12.2. The zero-order valence-electron chi connectivity index (χ0n) is 11.1. The lowest BCUT2D eigenvalue weighted by Crippen LogP contribution is -2.52. The van der Waals surface area contributed by atoms with E-state index in [1.807, 2.05) is 0 Å². The maximum absolute atomic E-state index is 12.2. The minimum Gasteiger partial charge on any atom is -0.481 e. The number of carbonyl (C=O) groups is 2. The number of carboxylic acids is 1. The normalized spacial score (nSPS) is 22.2. The molecule has 0 saturated carbocycles. The average Bonchev–Trinajstić information content (AvgIpc) is 2.76. The van der Waals surface area contributed by atoms with E-state index in [-0.39, 0.29) is 24.9 Å². The predicted molar refractivity (Wildman–Crippen MR) is 71.7 cm³/mol. The van der Waals surface area contributed by atoms with Gasteiger partial charge in [0.25, 0.3) is 0 Å². The number of ether oxygens (including phenoxy) is 1. The number of carboxylic acid groups (broad SMARTS) is 1. The number of hydrogen-bond acceptors (Lipinski definition) is 3. The first-order valence-electron chi connectivity index (χ1n) is 6.36. The van der Waals surface area contributed by atoms with E-state index in [1.54, 1.807) is 12.2 Å². The zero-order valence-corrected chi connectivity index (χ0v) is 11.1. The second kappa shape index (κ2) is 7.09. The topological polar surface area (TPSA) is 75.6 Å². The molecule has 1 aliphatic rings. The Morgan fingerprint density at radius 2 is 2.00 bits per heavy atom. The molecule has 0 spiro atoms. The fourth-order valence-corrected chi connectivity index (χ4v) is 2.25. The summed E-state index contributed by atoms with van der Waals surface area (Å²) in [4.78, 5) is 23.1. The Kier molecular flexibility index (Phi) is 5.76. The van der Waals surface area contributed by atoms with Gasteiger partial charge in [-0.05, 0) is 19.3 Å². The molecule has 0 bridgehead atoms. The van der Waals surface area contributed by atoms with E-state index in [0.29, 0.717) is 25.9 Å². The van der Waals surface area contributed by atoms with Gasteiger partial charge in [-0.1, -0.05) is 12.2 Å². The molecule has 1 unspecified atom stereocenters. The van der Waals surface area contributed by atoms with E-state index in [2.05, 4.69) is 18.5 Å². The Balaban J connectivity index is 2.71. The van der Waals surface area contributed by atoms with Crippen LogP contribution in [0.2, 0.25) is 0 Å². The average molecular weight is 267 g/mol. The Morgan fingerprint density at radius 3 is 2.42 bits per heavy atom. The largest absolute Gasteiger partial charge is 0.481 e. The second-order valence-electron chi connectivity index (χ2n) is 4.89. The summed E-state index contributed by atoms with van der Waals surface area (Å²) in [6.45, 7) is 7.98. The van der Waals surface area contributed by atoms with Gasteiger partial charge in [-0.3, -0.25) is 9.59 Å². The fourth-order valence-electron chi connectivity index (χ4n) is 2.25. The molecular weight excluding hydrogens is 246 g/mol. The molecule has 1 aliphatic heterocycles. The van der Waals surface area contributed by atoms with Crippen LogP contribution in [0, 0.1) is 5.92 Å². The molecule has 0 aromatic heterocycles. The van der Waals surface area contributed by atoms with Gasteiger partial charge < -0.3 is 15.2 Å². The first-order chi connectivity index (χ1) is 9.03. The van der Waals surface area contributed by atoms with Gasteiger partial charge >= 0.3 is 5.97 Å². The van der Waals surface area contributed by atoms with Gasteiger partial charge in [0.2, 0.25) is 5.91 Å². The predicted octanol–water partition coefficient (Wildman–Crippen LogP) is 1.50. The van der Waals surface area contributed by atoms with E-state index in [9.17, 15) is 9.59 Å². The van der Waals surface area contributed by atoms with Crippen LogP contribution in [0.4, 0.5) is 0 Å². The smallest absolute Gasteiger partial charge is 0.305 e. The second-order valence-corrected chi connectivity index (χ2v) is 4.89. The maximum Gasteiger partial charge on any atom is 0.305 e. The molecule has 1 heterocycles. The number of nitrogens with one attached hydrogen (secondary N) is 1. The van der Waals surface area contributed by atoms with Gasteiger partial charge in [-0.15, -0.1) is 13.2 Å². The summed E-state index contributed by atoms with van der Waals surface area (Å²) in [7, 11) is 0. The minimum atomic E-state index is -0.935. The minimum absolute atomic E-state index is 0.117. The Bertz CT molecular complexity index is 348. The van der Waals surface area contributed by atoms with Crippen molar-refractivity contribution in [2.24, 2.45) is 5.92 Å². The molecule has 1 atom stereocenters. The van der Waals surface area contributed by atoms with E-state index in [4.69, 9.17) is 9.84 Å². The monoisotopic (exact) mass is 267 g/mol. The number of rotatable bonds is 8. The molecule has 1 rings (SSSR count). The van der Waals surface area contributed by atoms with Crippen molar-refractivity contribution in [2.75, 3.05) is 13.2 Å². The van der Waals surface area contributed by atoms with E-state index >= 15 is 0 Å². The molecular formula is C14H21NO4. The summed E-state index contributed by atoms with van der Waals surface area (Å²) in [5.74, 6) is -1.34. The van der Waals surface area contributed by atoms with Crippen LogP contribution in [0.15, 0.2) is 25.3 Å². The summed E-state index contributed by atoms with van der Waals surface area (Å²) < 4.78 is 5.24. The Labute approximate surface area is 113 Å². The van der Waals surface area contributed by atoms with Gasteiger partial charge in [-0.2, -0.15) is 0 Å². The van der Waals surface area contributed by atoms with Crippen molar-refractivity contribution in [1.82, 2.24) is 5.32 Å². The summed E-state index contributed by atoms with van der Waals surface area (Å²) in [6, 6.07) is 0. The van der Waals surface area contributed by atoms with E-state index in [1.165, 1.54) is 0 Å². The highest BCUT2D eigenvalue weighted by atomic mass is 16.5. The van der Waals surface area contributed by atoms with Crippen LogP contribution < -0.4 is 5.32 Å². The Hall–Kier alpha value is -1.62. The van der Waals surface area contributed by atoms with Crippen molar-refractivity contribution in [3.63, 3.8) is 0 Å². The van der Waals surface area contributed by atoms with Gasteiger partial charge in [0.1, 0.15) is 0 Å². The van der Waals surface area contributed by atoms with Gasteiger partial charge in [0.15, 0.2) is 0 Å². The molecule has 1 saturated heterocycles. The number of hydrogen-bond donors (Lipinski definition) is 2. The van der Waals surface area contributed by atoms with Gasteiger partial charge in [0.05, 0.1) is 18.6 Å². The molecule has 5 heteroatoms. The third-order valence-corrected chi connectivity index (χ3v) is 3.25. The molecule has 19 heavy (non-hydrogen) atoms. The lowest BCUT2D eigenvalue weighted by molar-refractivity contribution is -0.139. The highest BCUT2D eigenvalue weighted by molar-refractivity contribution is 5.81. The van der Waals surface area contributed by atoms with Crippen LogP contribution in [-0.2, 0) is 14.3 Å². The molecule has 2 N–H and O–H groups in total. The van der Waals surface area contributed by atoms with Crippen molar-refractivity contribution < 1.29 is 19.4 Å². The fraction of sp³-hybridized carbons (Fsp3) is 0.571. The third kappa shape index (κ3) is 4.52. The number of allylic oxidation sites excluding steroid dienone is 2. The molecule has 1 fully saturated rings. The van der Waals surface area contributed by atoms with Crippen LogP contribution in [0.25, 0.3) is 0 Å². The number of amides is 1. The van der Waals surface area contributed by atoms with Crippen molar-refractivity contribution in [3.8, 4) is 0 Å². The molecule has 106 valence electrons. The van der Waals surface area contributed by atoms with Crippen molar-refractivity contribution in [1.29, 1.82) is 0 Å². The lowest BCUT2D eigenvalue weighted by Gasteiger charge is -2.29. The van der Waals surface area contributed by atoms with Crippen LogP contribution >= 0.6 is 0 Å². The lowest BCUT2D eigenvalue weighted by atomic mass is 9.92. The van der Waals surface area contributed by atoms with E-state index < -0.39 is 11.5 Å². The third-order valence-electron chi connectivity index (χ3n) is 3.25. The SMILES string of the molecule is C=CCC(CC=C)C(=O)NC1(CC(=O)O)CCOC1. The molecule has 5 nitrogen and oxygen atoms in total. The molecule has 0 aromatic carbocycles. The van der Waals surface area contributed by atoms with Crippen LogP contribution in [0.3, 0.4) is 0 Å². The summed E-state index contributed by atoms with van der Waals surface area (Å²) in [6.07, 6.45) is 4.86. The molecule has 1 amide bonds. The molecule has 0 aromatic rings. The van der Waals surface area contributed by atoms with Crippen LogP contribution in [0.5, 0.6) is 0 Å². The van der Waals surface area contributed by atoms with E-state index in [0.717, 1.165) is 0 Å². The van der Waals surface area contributed by atoms with Crippen molar-refractivity contribution in [2.45, 2.75) is 31.2 Å². The van der Waals surface area contributed by atoms with Gasteiger partial charge in [-0.25, -0.2) is 0 Å². The van der Waals surface area contributed by atoms with Crippen molar-refractivity contribution >= 4 is 11.9 Å². The first-order valence-corrected chi connectivity index (χ1v) is 6.36.